The quantitative estimate of drug-likeness (QED) is 0.523. The first-order chi connectivity index (χ1) is 6.77. The van der Waals surface area contributed by atoms with Crippen LogP contribution in [0.25, 0.3) is 0 Å². The molecular weight excluding hydrogens is 176 g/mol. The van der Waals surface area contributed by atoms with E-state index in [-0.39, 0.29) is 0 Å². The smallest absolute Gasteiger partial charge is 0.0478 e. The highest BCUT2D eigenvalue weighted by atomic mass is 16.5. The van der Waals surface area contributed by atoms with Crippen LogP contribution in [0.2, 0.25) is 0 Å². The molecule has 0 radical (unpaired) electrons. The maximum Gasteiger partial charge on any atom is 0.0478 e. The molecule has 0 spiro atoms. The fourth-order valence-electron chi connectivity index (χ4n) is 1.14. The summed E-state index contributed by atoms with van der Waals surface area (Å²) in [7, 11) is 1.97. The predicted octanol–water partition coefficient (Wildman–Crippen LogP) is 1.25. The number of ether oxygens (including phenoxy) is 1. The Bertz CT molecular complexity index is 107. The van der Waals surface area contributed by atoms with E-state index < -0.39 is 0 Å². The third kappa shape index (κ3) is 11.9. The average Bonchev–Trinajstić information content (AvgIpc) is 2.15. The highest BCUT2D eigenvalue weighted by Gasteiger charge is 1.92. The zero-order valence-corrected chi connectivity index (χ0v) is 9.94. The Morgan fingerprint density at radius 2 is 1.71 bits per heavy atom. The summed E-state index contributed by atoms with van der Waals surface area (Å²) >= 11 is 0. The monoisotopic (exact) mass is 202 g/mol. The average molecular weight is 202 g/mol. The molecule has 0 fully saturated rings. The maximum atomic E-state index is 5.46. The van der Waals surface area contributed by atoms with Crippen molar-refractivity contribution in [2.45, 2.75) is 26.7 Å². The Kier molecular flexibility index (Phi) is 10.9. The first-order valence-electron chi connectivity index (χ1n) is 5.70. The zero-order valence-electron chi connectivity index (χ0n) is 9.94. The van der Waals surface area contributed by atoms with Crippen LogP contribution >= 0.6 is 0 Å². The molecule has 14 heavy (non-hydrogen) atoms. The summed E-state index contributed by atoms with van der Waals surface area (Å²) in [6, 6.07) is 0. The zero-order chi connectivity index (χ0) is 10.6. The molecule has 2 N–H and O–H groups in total. The molecular formula is C11H26N2O. The van der Waals surface area contributed by atoms with Crippen molar-refractivity contribution in [3.05, 3.63) is 0 Å². The SMILES string of the molecule is CNCCCOCCCNCC(C)C. The van der Waals surface area contributed by atoms with Crippen molar-refractivity contribution in [2.75, 3.05) is 39.9 Å². The Hall–Kier alpha value is -0.120. The van der Waals surface area contributed by atoms with Gasteiger partial charge in [-0.2, -0.15) is 0 Å². The van der Waals surface area contributed by atoms with Gasteiger partial charge in [-0.1, -0.05) is 13.8 Å². The third-order valence-corrected chi connectivity index (χ3v) is 1.91. The fraction of sp³-hybridized carbons (Fsp3) is 1.00. The summed E-state index contributed by atoms with van der Waals surface area (Å²) in [5.74, 6) is 0.742. The molecule has 0 aromatic rings. The Morgan fingerprint density at radius 3 is 2.29 bits per heavy atom. The van der Waals surface area contributed by atoms with E-state index in [9.17, 15) is 0 Å². The van der Waals surface area contributed by atoms with Crippen LogP contribution in [0, 0.1) is 5.92 Å². The standard InChI is InChI=1S/C11H26N2O/c1-11(2)10-13-7-5-9-14-8-4-6-12-3/h11-13H,4-10H2,1-3H3. The summed E-state index contributed by atoms with van der Waals surface area (Å²) in [6.07, 6.45) is 2.22. The molecule has 0 bridgehead atoms. The van der Waals surface area contributed by atoms with Crippen LogP contribution in [0.4, 0.5) is 0 Å². The van der Waals surface area contributed by atoms with Crippen molar-refractivity contribution in [3.63, 3.8) is 0 Å². The van der Waals surface area contributed by atoms with E-state index in [0.29, 0.717) is 0 Å². The largest absolute Gasteiger partial charge is 0.381 e. The van der Waals surface area contributed by atoms with Gasteiger partial charge >= 0.3 is 0 Å². The van der Waals surface area contributed by atoms with Crippen LogP contribution in [0.5, 0.6) is 0 Å². The Morgan fingerprint density at radius 1 is 1.07 bits per heavy atom. The van der Waals surface area contributed by atoms with Crippen LogP contribution in [0.1, 0.15) is 26.7 Å². The van der Waals surface area contributed by atoms with Gasteiger partial charge in [0.1, 0.15) is 0 Å². The molecule has 0 aliphatic carbocycles. The second-order valence-electron chi connectivity index (χ2n) is 4.02. The molecule has 3 nitrogen and oxygen atoms in total. The minimum Gasteiger partial charge on any atom is -0.381 e. The third-order valence-electron chi connectivity index (χ3n) is 1.91. The second kappa shape index (κ2) is 11.0. The van der Waals surface area contributed by atoms with Crippen molar-refractivity contribution in [1.29, 1.82) is 0 Å². The second-order valence-corrected chi connectivity index (χ2v) is 4.02. The van der Waals surface area contributed by atoms with E-state index >= 15 is 0 Å². The van der Waals surface area contributed by atoms with Crippen LogP contribution < -0.4 is 10.6 Å². The van der Waals surface area contributed by atoms with E-state index in [0.717, 1.165) is 51.6 Å². The van der Waals surface area contributed by atoms with Gasteiger partial charge in [0.15, 0.2) is 0 Å². The molecule has 0 saturated heterocycles. The molecule has 86 valence electrons. The fourth-order valence-corrected chi connectivity index (χ4v) is 1.14. The normalized spacial score (nSPS) is 11.1. The maximum absolute atomic E-state index is 5.46. The molecule has 0 aliphatic heterocycles. The van der Waals surface area contributed by atoms with Crippen molar-refractivity contribution in [3.8, 4) is 0 Å². The lowest BCUT2D eigenvalue weighted by atomic mass is 10.2. The molecule has 0 aromatic heterocycles. The molecule has 3 heteroatoms. The van der Waals surface area contributed by atoms with Crippen molar-refractivity contribution in [1.82, 2.24) is 10.6 Å². The van der Waals surface area contributed by atoms with E-state index in [1.165, 1.54) is 0 Å². The first-order valence-corrected chi connectivity index (χ1v) is 5.70. The van der Waals surface area contributed by atoms with Crippen molar-refractivity contribution < 1.29 is 4.74 Å². The summed E-state index contributed by atoms with van der Waals surface area (Å²) in [5.41, 5.74) is 0. The van der Waals surface area contributed by atoms with Gasteiger partial charge < -0.3 is 15.4 Å². The molecule has 0 heterocycles. The van der Waals surface area contributed by atoms with Gasteiger partial charge in [-0.05, 0) is 45.4 Å². The van der Waals surface area contributed by atoms with Gasteiger partial charge in [0.2, 0.25) is 0 Å². The lowest BCUT2D eigenvalue weighted by Gasteiger charge is -2.07. The summed E-state index contributed by atoms with van der Waals surface area (Å²) in [4.78, 5) is 0. The summed E-state index contributed by atoms with van der Waals surface area (Å²) in [6.45, 7) is 9.44. The van der Waals surface area contributed by atoms with Gasteiger partial charge in [0.25, 0.3) is 0 Å². The summed E-state index contributed by atoms with van der Waals surface area (Å²) < 4.78 is 5.46. The molecule has 0 amide bonds. The molecule has 0 atom stereocenters. The van der Waals surface area contributed by atoms with E-state index in [1.54, 1.807) is 0 Å². The first kappa shape index (κ1) is 13.9. The minimum atomic E-state index is 0.742. The molecule has 0 unspecified atom stereocenters. The van der Waals surface area contributed by atoms with Crippen molar-refractivity contribution in [2.24, 2.45) is 5.92 Å². The van der Waals surface area contributed by atoms with Gasteiger partial charge in [0.05, 0.1) is 0 Å². The van der Waals surface area contributed by atoms with E-state index in [2.05, 4.69) is 24.5 Å². The van der Waals surface area contributed by atoms with E-state index in [4.69, 9.17) is 4.74 Å². The molecule has 0 aromatic carbocycles. The van der Waals surface area contributed by atoms with Crippen LogP contribution in [0.15, 0.2) is 0 Å². The molecule has 0 rings (SSSR count). The topological polar surface area (TPSA) is 33.3 Å². The summed E-state index contributed by atoms with van der Waals surface area (Å²) in [5, 5.41) is 6.49. The Balaban J connectivity index is 2.85. The molecule has 0 aliphatic rings. The number of rotatable bonds is 10. The van der Waals surface area contributed by atoms with Gasteiger partial charge in [-0.3, -0.25) is 0 Å². The minimum absolute atomic E-state index is 0.742. The van der Waals surface area contributed by atoms with Gasteiger partial charge in [-0.25, -0.2) is 0 Å². The van der Waals surface area contributed by atoms with Crippen LogP contribution in [-0.4, -0.2) is 39.9 Å². The van der Waals surface area contributed by atoms with E-state index in [1.807, 2.05) is 7.05 Å². The number of hydrogen-bond acceptors (Lipinski definition) is 3. The predicted molar refractivity (Wildman–Crippen MR) is 61.7 cm³/mol. The van der Waals surface area contributed by atoms with Crippen molar-refractivity contribution >= 4 is 0 Å². The number of hydrogen-bond donors (Lipinski definition) is 2. The van der Waals surface area contributed by atoms with Gasteiger partial charge in [-0.15, -0.1) is 0 Å². The molecule has 0 saturated carbocycles. The van der Waals surface area contributed by atoms with Crippen LogP contribution in [0.3, 0.4) is 0 Å². The van der Waals surface area contributed by atoms with Crippen LogP contribution in [-0.2, 0) is 4.74 Å². The Labute approximate surface area is 88.6 Å². The number of nitrogens with one attached hydrogen (secondary N) is 2. The highest BCUT2D eigenvalue weighted by Crippen LogP contribution is 1.88. The lowest BCUT2D eigenvalue weighted by Crippen LogP contribution is -2.21. The highest BCUT2D eigenvalue weighted by molar-refractivity contribution is 4.50. The van der Waals surface area contributed by atoms with Gasteiger partial charge in [0, 0.05) is 13.2 Å². The lowest BCUT2D eigenvalue weighted by molar-refractivity contribution is 0.129.